The van der Waals surface area contributed by atoms with Crippen LogP contribution < -0.4 is 5.73 Å². The fraction of sp³-hybridized carbons (Fsp3) is 0.727. The van der Waals surface area contributed by atoms with Crippen molar-refractivity contribution in [2.75, 3.05) is 19.7 Å². The Labute approximate surface area is 91.1 Å². The van der Waals surface area contributed by atoms with Crippen LogP contribution in [-0.4, -0.2) is 30.6 Å². The Morgan fingerprint density at radius 3 is 2.47 bits per heavy atom. The summed E-state index contributed by atoms with van der Waals surface area (Å²) < 4.78 is 4.91. The van der Waals surface area contributed by atoms with E-state index < -0.39 is 0 Å². The van der Waals surface area contributed by atoms with Crippen LogP contribution in [-0.2, 0) is 9.53 Å². The van der Waals surface area contributed by atoms with Gasteiger partial charge in [0, 0.05) is 13.1 Å². The zero-order valence-corrected chi connectivity index (χ0v) is 9.58. The van der Waals surface area contributed by atoms with Crippen LogP contribution in [0.3, 0.4) is 0 Å². The fourth-order valence-electron chi connectivity index (χ4n) is 1.72. The number of rotatable bonds is 3. The minimum atomic E-state index is -0.305. The third kappa shape index (κ3) is 3.15. The molecule has 1 aliphatic heterocycles. The molecule has 4 nitrogen and oxygen atoms in total. The number of carbonyl (C=O) groups excluding carboxylic acids is 1. The fourth-order valence-corrected chi connectivity index (χ4v) is 1.72. The number of nitrogens with two attached hydrogens (primary N) is 1. The van der Waals surface area contributed by atoms with Crippen LogP contribution in [0.5, 0.6) is 0 Å². The average molecular weight is 212 g/mol. The Bertz CT molecular complexity index is 255. The highest BCUT2D eigenvalue weighted by Crippen LogP contribution is 2.14. The van der Waals surface area contributed by atoms with E-state index in [1.807, 2.05) is 0 Å². The minimum absolute atomic E-state index is 0.305. The summed E-state index contributed by atoms with van der Waals surface area (Å²) in [6, 6.07) is 0. The summed E-state index contributed by atoms with van der Waals surface area (Å²) in [6.07, 6.45) is 3.55. The second-order valence-electron chi connectivity index (χ2n) is 3.78. The highest BCUT2D eigenvalue weighted by atomic mass is 16.5. The molecule has 0 saturated carbocycles. The SMILES string of the molecule is CCOC(=O)C(C)=C(N)N1CCCCC1. The van der Waals surface area contributed by atoms with Crippen LogP contribution in [0.25, 0.3) is 0 Å². The molecule has 1 rings (SSSR count). The second-order valence-corrected chi connectivity index (χ2v) is 3.78. The van der Waals surface area contributed by atoms with Crippen molar-refractivity contribution in [3.8, 4) is 0 Å². The molecule has 2 N–H and O–H groups in total. The molecule has 0 unspecified atom stereocenters. The maximum atomic E-state index is 11.4. The van der Waals surface area contributed by atoms with Gasteiger partial charge in [0.05, 0.1) is 12.2 Å². The number of piperidine rings is 1. The average Bonchev–Trinajstić information content (AvgIpc) is 2.28. The molecule has 0 aliphatic carbocycles. The van der Waals surface area contributed by atoms with Crippen LogP contribution >= 0.6 is 0 Å². The van der Waals surface area contributed by atoms with Gasteiger partial charge in [-0.05, 0) is 33.1 Å². The summed E-state index contributed by atoms with van der Waals surface area (Å²) in [7, 11) is 0. The molecule has 0 bridgehead atoms. The van der Waals surface area contributed by atoms with Crippen LogP contribution in [0.1, 0.15) is 33.1 Å². The molecule has 86 valence electrons. The van der Waals surface area contributed by atoms with Crippen LogP contribution in [0.4, 0.5) is 0 Å². The van der Waals surface area contributed by atoms with Gasteiger partial charge in [-0.3, -0.25) is 0 Å². The zero-order valence-electron chi connectivity index (χ0n) is 9.58. The standard InChI is InChI=1S/C11H20N2O2/c1-3-15-11(14)9(2)10(12)13-7-5-4-6-8-13/h3-8,12H2,1-2H3. The molecular weight excluding hydrogens is 192 g/mol. The van der Waals surface area contributed by atoms with E-state index >= 15 is 0 Å². The normalized spacial score (nSPS) is 18.4. The van der Waals surface area contributed by atoms with Crippen molar-refractivity contribution in [3.05, 3.63) is 11.4 Å². The monoisotopic (exact) mass is 212 g/mol. The van der Waals surface area contributed by atoms with Gasteiger partial charge in [-0.25, -0.2) is 4.79 Å². The lowest BCUT2D eigenvalue weighted by Crippen LogP contribution is -2.34. The largest absolute Gasteiger partial charge is 0.463 e. The van der Waals surface area contributed by atoms with E-state index in [2.05, 4.69) is 4.90 Å². The van der Waals surface area contributed by atoms with E-state index in [-0.39, 0.29) is 5.97 Å². The summed E-state index contributed by atoms with van der Waals surface area (Å²) in [5, 5.41) is 0. The molecule has 1 aliphatic rings. The van der Waals surface area contributed by atoms with Gasteiger partial charge in [0.2, 0.25) is 0 Å². The first-order chi connectivity index (χ1) is 7.16. The molecular formula is C11H20N2O2. The quantitative estimate of drug-likeness (QED) is 0.564. The molecule has 1 fully saturated rings. The molecule has 0 amide bonds. The molecule has 15 heavy (non-hydrogen) atoms. The number of hydrogen-bond acceptors (Lipinski definition) is 4. The Balaban J connectivity index is 2.65. The van der Waals surface area contributed by atoms with Gasteiger partial charge >= 0.3 is 5.97 Å². The van der Waals surface area contributed by atoms with E-state index in [9.17, 15) is 4.79 Å². The zero-order chi connectivity index (χ0) is 11.3. The predicted molar refractivity (Wildman–Crippen MR) is 58.9 cm³/mol. The summed E-state index contributed by atoms with van der Waals surface area (Å²) in [6.45, 7) is 5.80. The molecule has 1 heterocycles. The molecule has 1 saturated heterocycles. The summed E-state index contributed by atoms with van der Waals surface area (Å²) in [5.41, 5.74) is 6.45. The first-order valence-corrected chi connectivity index (χ1v) is 5.55. The Morgan fingerprint density at radius 1 is 1.33 bits per heavy atom. The third-order valence-electron chi connectivity index (χ3n) is 2.66. The molecule has 0 spiro atoms. The van der Waals surface area contributed by atoms with Crippen molar-refractivity contribution in [1.29, 1.82) is 0 Å². The predicted octanol–water partition coefficient (Wildman–Crippen LogP) is 1.23. The first-order valence-electron chi connectivity index (χ1n) is 5.55. The highest BCUT2D eigenvalue weighted by Gasteiger charge is 2.16. The van der Waals surface area contributed by atoms with Crippen molar-refractivity contribution in [1.82, 2.24) is 4.90 Å². The Morgan fingerprint density at radius 2 is 1.93 bits per heavy atom. The van der Waals surface area contributed by atoms with Gasteiger partial charge in [0.15, 0.2) is 0 Å². The van der Waals surface area contributed by atoms with Crippen LogP contribution in [0.2, 0.25) is 0 Å². The Hall–Kier alpha value is -1.19. The number of esters is 1. The van der Waals surface area contributed by atoms with Gasteiger partial charge < -0.3 is 15.4 Å². The summed E-state index contributed by atoms with van der Waals surface area (Å²) in [5.74, 6) is 0.272. The molecule has 0 radical (unpaired) electrons. The number of nitrogens with zero attached hydrogens (tertiary/aromatic N) is 1. The number of likely N-dealkylation sites (tertiary alicyclic amines) is 1. The number of hydrogen-bond donors (Lipinski definition) is 1. The van der Waals surface area contributed by atoms with Gasteiger partial charge in [-0.2, -0.15) is 0 Å². The van der Waals surface area contributed by atoms with Crippen molar-refractivity contribution < 1.29 is 9.53 Å². The van der Waals surface area contributed by atoms with Gasteiger partial charge in [0.25, 0.3) is 0 Å². The van der Waals surface area contributed by atoms with Crippen LogP contribution in [0.15, 0.2) is 11.4 Å². The summed E-state index contributed by atoms with van der Waals surface area (Å²) >= 11 is 0. The maximum absolute atomic E-state index is 11.4. The lowest BCUT2D eigenvalue weighted by Gasteiger charge is -2.29. The topological polar surface area (TPSA) is 55.6 Å². The van der Waals surface area contributed by atoms with Gasteiger partial charge in [0.1, 0.15) is 5.82 Å². The van der Waals surface area contributed by atoms with Crippen molar-refractivity contribution in [2.24, 2.45) is 5.73 Å². The molecule has 0 atom stereocenters. The lowest BCUT2D eigenvalue weighted by molar-refractivity contribution is -0.138. The molecule has 0 aromatic carbocycles. The Kier molecular flexibility index (Phi) is 4.46. The first kappa shape index (κ1) is 11.9. The van der Waals surface area contributed by atoms with Gasteiger partial charge in [-0.1, -0.05) is 0 Å². The van der Waals surface area contributed by atoms with Crippen LogP contribution in [0, 0.1) is 0 Å². The van der Waals surface area contributed by atoms with Crippen molar-refractivity contribution in [2.45, 2.75) is 33.1 Å². The van der Waals surface area contributed by atoms with E-state index in [1.165, 1.54) is 6.42 Å². The maximum Gasteiger partial charge on any atom is 0.337 e. The van der Waals surface area contributed by atoms with E-state index in [0.717, 1.165) is 25.9 Å². The van der Waals surface area contributed by atoms with Crippen molar-refractivity contribution >= 4 is 5.97 Å². The smallest absolute Gasteiger partial charge is 0.337 e. The molecule has 4 heteroatoms. The third-order valence-corrected chi connectivity index (χ3v) is 2.66. The second kappa shape index (κ2) is 5.63. The summed E-state index contributed by atoms with van der Waals surface area (Å²) in [4.78, 5) is 13.5. The number of ether oxygens (including phenoxy) is 1. The van der Waals surface area contributed by atoms with E-state index in [4.69, 9.17) is 10.5 Å². The highest BCUT2D eigenvalue weighted by molar-refractivity contribution is 5.88. The van der Waals surface area contributed by atoms with Gasteiger partial charge in [-0.15, -0.1) is 0 Å². The molecule has 0 aromatic heterocycles. The van der Waals surface area contributed by atoms with Crippen molar-refractivity contribution in [3.63, 3.8) is 0 Å². The van der Waals surface area contributed by atoms with E-state index in [0.29, 0.717) is 18.0 Å². The molecule has 0 aromatic rings. The minimum Gasteiger partial charge on any atom is -0.463 e. The lowest BCUT2D eigenvalue weighted by atomic mass is 10.1. The number of carbonyl (C=O) groups is 1. The van der Waals surface area contributed by atoms with E-state index in [1.54, 1.807) is 13.8 Å².